The van der Waals surface area contributed by atoms with Gasteiger partial charge in [0.15, 0.2) is 0 Å². The van der Waals surface area contributed by atoms with Gasteiger partial charge in [0.1, 0.15) is 6.29 Å². The second-order valence-corrected chi connectivity index (χ2v) is 4.98. The number of likely N-dealkylation sites (tertiary alicyclic amines) is 1. The van der Waals surface area contributed by atoms with Gasteiger partial charge in [0.25, 0.3) is 0 Å². The number of carbonyl (C=O) groups is 1. The van der Waals surface area contributed by atoms with Crippen LogP contribution in [0.1, 0.15) is 18.4 Å². The summed E-state index contributed by atoms with van der Waals surface area (Å²) in [6.07, 6.45) is 4.37. The van der Waals surface area contributed by atoms with Gasteiger partial charge in [-0.2, -0.15) is 11.3 Å². The zero-order valence-electron chi connectivity index (χ0n) is 8.89. The Balaban J connectivity index is 1.71. The van der Waals surface area contributed by atoms with Crippen molar-refractivity contribution in [1.29, 1.82) is 0 Å². The molecular formula is C12H17NOS. The zero-order chi connectivity index (χ0) is 10.5. The number of hydrogen-bond donors (Lipinski definition) is 0. The van der Waals surface area contributed by atoms with E-state index in [0.29, 0.717) is 5.92 Å². The van der Waals surface area contributed by atoms with Crippen LogP contribution in [0, 0.1) is 5.92 Å². The molecule has 1 aromatic rings. The number of thiophene rings is 1. The van der Waals surface area contributed by atoms with E-state index in [1.54, 1.807) is 11.3 Å². The van der Waals surface area contributed by atoms with Crippen molar-refractivity contribution < 1.29 is 4.79 Å². The number of hydrogen-bond acceptors (Lipinski definition) is 3. The Labute approximate surface area is 94.9 Å². The first-order valence-electron chi connectivity index (χ1n) is 5.57. The molecule has 1 aliphatic heterocycles. The van der Waals surface area contributed by atoms with Gasteiger partial charge in [-0.1, -0.05) is 0 Å². The van der Waals surface area contributed by atoms with Crippen molar-refractivity contribution in [2.24, 2.45) is 5.92 Å². The summed E-state index contributed by atoms with van der Waals surface area (Å²) >= 11 is 1.77. The third-order valence-corrected chi connectivity index (χ3v) is 3.85. The molecule has 2 rings (SSSR count). The topological polar surface area (TPSA) is 20.3 Å². The fraction of sp³-hybridized carbons (Fsp3) is 0.583. The molecule has 82 valence electrons. The summed E-state index contributed by atoms with van der Waals surface area (Å²) < 4.78 is 0. The Morgan fingerprint density at radius 1 is 1.47 bits per heavy atom. The molecule has 1 aliphatic rings. The summed E-state index contributed by atoms with van der Waals surface area (Å²) in [5.74, 6) is 0.322. The summed E-state index contributed by atoms with van der Waals surface area (Å²) in [7, 11) is 0. The highest BCUT2D eigenvalue weighted by molar-refractivity contribution is 7.07. The third kappa shape index (κ3) is 3.14. The smallest absolute Gasteiger partial charge is 0.123 e. The molecule has 0 saturated carbocycles. The van der Waals surface area contributed by atoms with Gasteiger partial charge in [-0.25, -0.2) is 0 Å². The maximum atomic E-state index is 10.6. The maximum Gasteiger partial charge on any atom is 0.123 e. The summed E-state index contributed by atoms with van der Waals surface area (Å²) in [5, 5.41) is 4.35. The number of carbonyl (C=O) groups excluding carboxylic acids is 1. The van der Waals surface area contributed by atoms with E-state index in [1.165, 1.54) is 5.56 Å². The van der Waals surface area contributed by atoms with Crippen molar-refractivity contribution in [1.82, 2.24) is 4.90 Å². The maximum absolute atomic E-state index is 10.6. The van der Waals surface area contributed by atoms with Gasteiger partial charge in [0.2, 0.25) is 0 Å². The van der Waals surface area contributed by atoms with Crippen molar-refractivity contribution in [3.8, 4) is 0 Å². The Kier molecular flexibility index (Phi) is 3.92. The van der Waals surface area contributed by atoms with Crippen LogP contribution in [0.4, 0.5) is 0 Å². The standard InChI is InChI=1S/C12H17NOS/c14-9-11-1-5-13(6-2-11)7-3-12-4-8-15-10-12/h4,8-11H,1-3,5-7H2. The summed E-state index contributed by atoms with van der Waals surface area (Å²) in [4.78, 5) is 13.1. The number of rotatable bonds is 4. The molecule has 0 unspecified atom stereocenters. The van der Waals surface area contributed by atoms with Crippen molar-refractivity contribution in [2.75, 3.05) is 19.6 Å². The predicted molar refractivity (Wildman–Crippen MR) is 63.3 cm³/mol. The van der Waals surface area contributed by atoms with E-state index in [4.69, 9.17) is 0 Å². The largest absolute Gasteiger partial charge is 0.303 e. The molecule has 2 nitrogen and oxygen atoms in total. The van der Waals surface area contributed by atoms with E-state index in [-0.39, 0.29) is 0 Å². The highest BCUT2D eigenvalue weighted by Gasteiger charge is 2.17. The molecule has 0 bridgehead atoms. The van der Waals surface area contributed by atoms with Crippen LogP contribution >= 0.6 is 11.3 Å². The molecule has 1 aromatic heterocycles. The molecule has 0 spiro atoms. The van der Waals surface area contributed by atoms with Crippen molar-refractivity contribution in [3.05, 3.63) is 22.4 Å². The van der Waals surface area contributed by atoms with Crippen LogP contribution in [0.2, 0.25) is 0 Å². The van der Waals surface area contributed by atoms with Crippen LogP contribution in [0.15, 0.2) is 16.8 Å². The molecule has 1 saturated heterocycles. The van der Waals surface area contributed by atoms with E-state index >= 15 is 0 Å². The van der Waals surface area contributed by atoms with E-state index in [2.05, 4.69) is 21.7 Å². The van der Waals surface area contributed by atoms with Gasteiger partial charge in [-0.15, -0.1) is 0 Å². The van der Waals surface area contributed by atoms with Crippen molar-refractivity contribution in [3.63, 3.8) is 0 Å². The molecule has 0 N–H and O–H groups in total. The van der Waals surface area contributed by atoms with Gasteiger partial charge >= 0.3 is 0 Å². The van der Waals surface area contributed by atoms with Crippen LogP contribution in [-0.2, 0) is 11.2 Å². The molecule has 1 fully saturated rings. The van der Waals surface area contributed by atoms with Gasteiger partial charge in [0, 0.05) is 12.5 Å². The minimum Gasteiger partial charge on any atom is -0.303 e. The van der Waals surface area contributed by atoms with Crippen LogP contribution in [0.25, 0.3) is 0 Å². The monoisotopic (exact) mass is 223 g/mol. The summed E-state index contributed by atoms with van der Waals surface area (Å²) in [6, 6.07) is 2.20. The molecule has 2 heterocycles. The van der Waals surface area contributed by atoms with Gasteiger partial charge in [-0.3, -0.25) is 0 Å². The Bertz CT molecular complexity index is 289. The number of aldehydes is 1. The lowest BCUT2D eigenvalue weighted by molar-refractivity contribution is -0.112. The second kappa shape index (κ2) is 5.42. The minimum absolute atomic E-state index is 0.322. The lowest BCUT2D eigenvalue weighted by Gasteiger charge is -2.29. The fourth-order valence-electron chi connectivity index (χ4n) is 2.03. The van der Waals surface area contributed by atoms with Crippen LogP contribution < -0.4 is 0 Å². The Hall–Kier alpha value is -0.670. The molecule has 0 atom stereocenters. The highest BCUT2D eigenvalue weighted by Crippen LogP contribution is 2.15. The second-order valence-electron chi connectivity index (χ2n) is 4.20. The van der Waals surface area contributed by atoms with E-state index in [0.717, 1.165) is 45.2 Å². The minimum atomic E-state index is 0.322. The van der Waals surface area contributed by atoms with E-state index < -0.39 is 0 Å². The van der Waals surface area contributed by atoms with Gasteiger partial charge < -0.3 is 9.69 Å². The Morgan fingerprint density at radius 2 is 2.27 bits per heavy atom. The van der Waals surface area contributed by atoms with Crippen LogP contribution in [-0.4, -0.2) is 30.8 Å². The molecule has 0 radical (unpaired) electrons. The molecule has 0 amide bonds. The molecule has 0 aromatic carbocycles. The van der Waals surface area contributed by atoms with E-state index in [9.17, 15) is 4.79 Å². The van der Waals surface area contributed by atoms with Gasteiger partial charge in [0.05, 0.1) is 0 Å². The number of piperidine rings is 1. The quantitative estimate of drug-likeness (QED) is 0.729. The third-order valence-electron chi connectivity index (χ3n) is 3.12. The van der Waals surface area contributed by atoms with Crippen LogP contribution in [0.5, 0.6) is 0 Å². The lowest BCUT2D eigenvalue weighted by atomic mass is 9.98. The summed E-state index contributed by atoms with van der Waals surface area (Å²) in [6.45, 7) is 3.32. The first kappa shape index (κ1) is 10.8. The normalized spacial score (nSPS) is 19.2. The van der Waals surface area contributed by atoms with E-state index in [1.807, 2.05) is 0 Å². The summed E-state index contributed by atoms with van der Waals surface area (Å²) in [5.41, 5.74) is 1.44. The lowest BCUT2D eigenvalue weighted by Crippen LogP contribution is -2.35. The zero-order valence-corrected chi connectivity index (χ0v) is 9.71. The van der Waals surface area contributed by atoms with Crippen molar-refractivity contribution in [2.45, 2.75) is 19.3 Å². The highest BCUT2D eigenvalue weighted by atomic mass is 32.1. The predicted octanol–water partition coefficient (Wildman–Crippen LogP) is 2.20. The van der Waals surface area contributed by atoms with Crippen molar-refractivity contribution >= 4 is 17.6 Å². The fourth-order valence-corrected chi connectivity index (χ4v) is 2.74. The van der Waals surface area contributed by atoms with Gasteiger partial charge in [-0.05, 0) is 54.7 Å². The molecule has 15 heavy (non-hydrogen) atoms. The Morgan fingerprint density at radius 3 is 2.87 bits per heavy atom. The van der Waals surface area contributed by atoms with Crippen LogP contribution in [0.3, 0.4) is 0 Å². The molecule has 3 heteroatoms. The SMILES string of the molecule is O=CC1CCN(CCc2ccsc2)CC1. The number of nitrogens with zero attached hydrogens (tertiary/aromatic N) is 1. The first-order valence-corrected chi connectivity index (χ1v) is 6.51. The molecule has 0 aliphatic carbocycles. The average molecular weight is 223 g/mol. The first-order chi connectivity index (χ1) is 7.38. The molecular weight excluding hydrogens is 206 g/mol. The average Bonchev–Trinajstić information content (AvgIpc) is 2.80.